The van der Waals surface area contributed by atoms with Gasteiger partial charge in [0.25, 0.3) is 0 Å². The SMILES string of the molecule is CCOc1cc(C=NO)cc(Br)c1OCCOc1cccc(C)c1. The Bertz CT molecular complexity index is 703. The van der Waals surface area contributed by atoms with Crippen LogP contribution in [0.5, 0.6) is 17.2 Å². The minimum absolute atomic E-state index is 0.375. The van der Waals surface area contributed by atoms with Crippen LogP contribution in [0, 0.1) is 6.92 Å². The van der Waals surface area contributed by atoms with Crippen LogP contribution in [0.1, 0.15) is 18.1 Å². The molecule has 2 rings (SSSR count). The molecule has 0 amide bonds. The van der Waals surface area contributed by atoms with E-state index in [1.165, 1.54) is 6.21 Å². The van der Waals surface area contributed by atoms with Gasteiger partial charge in [-0.25, -0.2) is 0 Å². The van der Waals surface area contributed by atoms with Crippen molar-refractivity contribution in [1.29, 1.82) is 0 Å². The molecule has 24 heavy (non-hydrogen) atoms. The molecular formula is C18H20BrNO4. The number of benzene rings is 2. The normalized spacial score (nSPS) is 10.8. The molecule has 0 fully saturated rings. The Balaban J connectivity index is 2.00. The number of nitrogens with zero attached hydrogens (tertiary/aromatic N) is 1. The number of aryl methyl sites for hydroxylation is 1. The van der Waals surface area contributed by atoms with Gasteiger partial charge in [-0.05, 0) is 59.6 Å². The molecule has 2 aromatic carbocycles. The lowest BCUT2D eigenvalue weighted by atomic mass is 10.2. The fraction of sp³-hybridized carbons (Fsp3) is 0.278. The summed E-state index contributed by atoms with van der Waals surface area (Å²) in [7, 11) is 0. The number of ether oxygens (including phenoxy) is 3. The summed E-state index contributed by atoms with van der Waals surface area (Å²) in [6.07, 6.45) is 1.33. The van der Waals surface area contributed by atoms with Crippen LogP contribution in [0.15, 0.2) is 46.0 Å². The van der Waals surface area contributed by atoms with E-state index in [4.69, 9.17) is 19.4 Å². The van der Waals surface area contributed by atoms with Crippen LogP contribution in [0.3, 0.4) is 0 Å². The molecule has 0 aliphatic heterocycles. The largest absolute Gasteiger partial charge is 0.490 e. The lowest BCUT2D eigenvalue weighted by Crippen LogP contribution is -2.10. The Morgan fingerprint density at radius 3 is 2.62 bits per heavy atom. The van der Waals surface area contributed by atoms with Crippen molar-refractivity contribution in [1.82, 2.24) is 0 Å². The summed E-state index contributed by atoms with van der Waals surface area (Å²) >= 11 is 3.46. The zero-order valence-electron chi connectivity index (χ0n) is 13.7. The summed E-state index contributed by atoms with van der Waals surface area (Å²) in [5.74, 6) is 1.99. The molecule has 0 heterocycles. The topological polar surface area (TPSA) is 60.3 Å². The van der Waals surface area contributed by atoms with Gasteiger partial charge in [-0.2, -0.15) is 0 Å². The van der Waals surface area contributed by atoms with Crippen molar-refractivity contribution in [3.63, 3.8) is 0 Å². The summed E-state index contributed by atoms with van der Waals surface area (Å²) in [5, 5.41) is 11.7. The number of rotatable bonds is 8. The Morgan fingerprint density at radius 1 is 1.12 bits per heavy atom. The summed E-state index contributed by atoms with van der Waals surface area (Å²) < 4.78 is 17.8. The van der Waals surface area contributed by atoms with Gasteiger partial charge in [0, 0.05) is 5.56 Å². The number of hydrogen-bond acceptors (Lipinski definition) is 5. The molecule has 0 radical (unpaired) electrons. The highest BCUT2D eigenvalue weighted by Gasteiger charge is 2.12. The van der Waals surface area contributed by atoms with Crippen LogP contribution in [0.4, 0.5) is 0 Å². The summed E-state index contributed by atoms with van der Waals surface area (Å²) in [6, 6.07) is 11.4. The average Bonchev–Trinajstić information content (AvgIpc) is 2.54. The van der Waals surface area contributed by atoms with E-state index in [0.717, 1.165) is 15.8 Å². The van der Waals surface area contributed by atoms with Crippen molar-refractivity contribution in [3.05, 3.63) is 52.0 Å². The molecule has 0 aromatic heterocycles. The highest BCUT2D eigenvalue weighted by molar-refractivity contribution is 9.10. The van der Waals surface area contributed by atoms with Gasteiger partial charge >= 0.3 is 0 Å². The van der Waals surface area contributed by atoms with Crippen LogP contribution in [-0.4, -0.2) is 31.2 Å². The molecule has 128 valence electrons. The predicted octanol–water partition coefficient (Wildman–Crippen LogP) is 4.42. The first-order valence-corrected chi connectivity index (χ1v) is 8.39. The maximum absolute atomic E-state index is 8.67. The van der Waals surface area contributed by atoms with E-state index < -0.39 is 0 Å². The predicted molar refractivity (Wildman–Crippen MR) is 96.9 cm³/mol. The molecule has 0 saturated carbocycles. The molecule has 0 unspecified atom stereocenters. The van der Waals surface area contributed by atoms with Gasteiger partial charge in [0.15, 0.2) is 11.5 Å². The van der Waals surface area contributed by atoms with E-state index in [1.54, 1.807) is 12.1 Å². The molecule has 0 aliphatic carbocycles. The first-order chi connectivity index (χ1) is 11.6. The van der Waals surface area contributed by atoms with E-state index in [-0.39, 0.29) is 0 Å². The Labute approximate surface area is 150 Å². The van der Waals surface area contributed by atoms with Crippen molar-refractivity contribution >= 4 is 22.1 Å². The fourth-order valence-electron chi connectivity index (χ4n) is 2.14. The lowest BCUT2D eigenvalue weighted by Gasteiger charge is -2.15. The van der Waals surface area contributed by atoms with Gasteiger partial charge in [0.05, 0.1) is 17.3 Å². The van der Waals surface area contributed by atoms with Gasteiger partial charge in [-0.1, -0.05) is 17.3 Å². The summed E-state index contributed by atoms with van der Waals surface area (Å²) in [5.41, 5.74) is 1.85. The highest BCUT2D eigenvalue weighted by atomic mass is 79.9. The van der Waals surface area contributed by atoms with Gasteiger partial charge in [0.1, 0.15) is 19.0 Å². The van der Waals surface area contributed by atoms with E-state index in [9.17, 15) is 0 Å². The average molecular weight is 394 g/mol. The van der Waals surface area contributed by atoms with Crippen LogP contribution in [0.2, 0.25) is 0 Å². The first kappa shape index (κ1) is 18.1. The third-order valence-corrected chi connectivity index (χ3v) is 3.72. The first-order valence-electron chi connectivity index (χ1n) is 7.60. The van der Waals surface area contributed by atoms with Crippen LogP contribution in [-0.2, 0) is 0 Å². The van der Waals surface area contributed by atoms with E-state index in [0.29, 0.717) is 36.9 Å². The molecule has 0 atom stereocenters. The smallest absolute Gasteiger partial charge is 0.175 e. The van der Waals surface area contributed by atoms with Crippen molar-refractivity contribution in [2.75, 3.05) is 19.8 Å². The Morgan fingerprint density at radius 2 is 1.92 bits per heavy atom. The monoisotopic (exact) mass is 393 g/mol. The van der Waals surface area contributed by atoms with Gasteiger partial charge < -0.3 is 19.4 Å². The number of hydrogen-bond donors (Lipinski definition) is 1. The molecule has 1 N–H and O–H groups in total. The zero-order chi connectivity index (χ0) is 17.4. The molecule has 0 spiro atoms. The van der Waals surface area contributed by atoms with Crippen molar-refractivity contribution < 1.29 is 19.4 Å². The molecule has 6 heteroatoms. The molecular weight excluding hydrogens is 374 g/mol. The van der Waals surface area contributed by atoms with Crippen molar-refractivity contribution in [3.8, 4) is 17.2 Å². The van der Waals surface area contributed by atoms with Gasteiger partial charge in [-0.3, -0.25) is 0 Å². The van der Waals surface area contributed by atoms with Gasteiger partial charge in [-0.15, -0.1) is 0 Å². The molecule has 0 aliphatic rings. The van der Waals surface area contributed by atoms with E-state index >= 15 is 0 Å². The second-order valence-electron chi connectivity index (χ2n) is 5.02. The van der Waals surface area contributed by atoms with E-state index in [1.807, 2.05) is 38.1 Å². The van der Waals surface area contributed by atoms with Gasteiger partial charge in [0.2, 0.25) is 0 Å². The Hall–Kier alpha value is -2.21. The summed E-state index contributed by atoms with van der Waals surface area (Å²) in [6.45, 7) is 5.21. The van der Waals surface area contributed by atoms with Crippen LogP contribution < -0.4 is 14.2 Å². The standard InChI is InChI=1S/C18H20BrNO4/c1-3-22-17-11-14(12-20-21)10-16(19)18(17)24-8-7-23-15-6-4-5-13(2)9-15/h4-6,9-12,21H,3,7-8H2,1-2H3. The second kappa shape index (κ2) is 9.17. The van der Waals surface area contributed by atoms with Crippen molar-refractivity contribution in [2.45, 2.75) is 13.8 Å². The highest BCUT2D eigenvalue weighted by Crippen LogP contribution is 2.36. The summed E-state index contributed by atoms with van der Waals surface area (Å²) in [4.78, 5) is 0. The fourth-order valence-corrected chi connectivity index (χ4v) is 2.71. The van der Waals surface area contributed by atoms with Crippen LogP contribution >= 0.6 is 15.9 Å². The van der Waals surface area contributed by atoms with Crippen LogP contribution in [0.25, 0.3) is 0 Å². The zero-order valence-corrected chi connectivity index (χ0v) is 15.2. The molecule has 0 bridgehead atoms. The third-order valence-electron chi connectivity index (χ3n) is 3.13. The molecule has 0 saturated heterocycles. The quantitative estimate of drug-likeness (QED) is 0.312. The van der Waals surface area contributed by atoms with Crippen molar-refractivity contribution in [2.24, 2.45) is 5.16 Å². The number of oxime groups is 1. The minimum Gasteiger partial charge on any atom is -0.490 e. The third kappa shape index (κ3) is 5.16. The molecule has 5 nitrogen and oxygen atoms in total. The Kier molecular flexibility index (Phi) is 6.93. The number of halogens is 1. The maximum Gasteiger partial charge on any atom is 0.175 e. The van der Waals surface area contributed by atoms with E-state index in [2.05, 4.69) is 21.1 Å². The maximum atomic E-state index is 8.67. The molecule has 2 aromatic rings. The minimum atomic E-state index is 0.375. The second-order valence-corrected chi connectivity index (χ2v) is 5.88. The lowest BCUT2D eigenvalue weighted by molar-refractivity contribution is 0.207.